The van der Waals surface area contributed by atoms with Crippen LogP contribution in [0.25, 0.3) is 0 Å². The highest BCUT2D eigenvalue weighted by molar-refractivity contribution is 4.94. The van der Waals surface area contributed by atoms with Gasteiger partial charge in [-0.1, -0.05) is 0 Å². The van der Waals surface area contributed by atoms with E-state index < -0.39 is 0 Å². The lowest BCUT2D eigenvalue weighted by atomic mass is 10.2. The molecule has 0 bridgehead atoms. The average molecular weight is 140 g/mol. The Morgan fingerprint density at radius 1 is 1.40 bits per heavy atom. The predicted molar refractivity (Wildman–Crippen MR) is 41.8 cm³/mol. The highest BCUT2D eigenvalue weighted by Crippen LogP contribution is 2.32. The Labute approximate surface area is 62.4 Å². The molecule has 2 unspecified atom stereocenters. The number of nitrogens with two attached hydrogens (primary N) is 1. The SMILES string of the molecule is CC1CC(N)CN1C1CC1. The van der Waals surface area contributed by atoms with Gasteiger partial charge in [0.15, 0.2) is 0 Å². The zero-order valence-corrected chi connectivity index (χ0v) is 6.59. The Hall–Kier alpha value is -0.0800. The van der Waals surface area contributed by atoms with Gasteiger partial charge >= 0.3 is 0 Å². The van der Waals surface area contributed by atoms with Crippen LogP contribution in [-0.4, -0.2) is 29.6 Å². The zero-order valence-electron chi connectivity index (χ0n) is 6.59. The number of rotatable bonds is 1. The summed E-state index contributed by atoms with van der Waals surface area (Å²) in [6.07, 6.45) is 4.03. The van der Waals surface area contributed by atoms with E-state index in [4.69, 9.17) is 5.73 Å². The van der Waals surface area contributed by atoms with E-state index in [-0.39, 0.29) is 0 Å². The lowest BCUT2D eigenvalue weighted by Gasteiger charge is -2.19. The van der Waals surface area contributed by atoms with Crippen molar-refractivity contribution in [3.8, 4) is 0 Å². The van der Waals surface area contributed by atoms with E-state index in [2.05, 4.69) is 11.8 Å². The second kappa shape index (κ2) is 2.21. The van der Waals surface area contributed by atoms with E-state index in [1.807, 2.05) is 0 Å². The van der Waals surface area contributed by atoms with Gasteiger partial charge in [-0.25, -0.2) is 0 Å². The van der Waals surface area contributed by atoms with Gasteiger partial charge in [0.05, 0.1) is 0 Å². The first-order valence-electron chi connectivity index (χ1n) is 4.28. The van der Waals surface area contributed by atoms with Crippen LogP contribution >= 0.6 is 0 Å². The molecule has 2 fully saturated rings. The predicted octanol–water partition coefficient (Wildman–Crippen LogP) is 0.570. The van der Waals surface area contributed by atoms with Gasteiger partial charge in [0, 0.05) is 24.7 Å². The fraction of sp³-hybridized carbons (Fsp3) is 1.00. The standard InChI is InChI=1S/C8H16N2/c1-6-4-7(9)5-10(6)8-2-3-8/h6-8H,2-5,9H2,1H3. The maximum atomic E-state index is 5.84. The maximum Gasteiger partial charge on any atom is 0.0182 e. The fourth-order valence-electron chi connectivity index (χ4n) is 2.01. The molecule has 1 saturated heterocycles. The number of hydrogen-bond acceptors (Lipinski definition) is 2. The summed E-state index contributed by atoms with van der Waals surface area (Å²) >= 11 is 0. The minimum absolute atomic E-state index is 0.454. The summed E-state index contributed by atoms with van der Waals surface area (Å²) in [6.45, 7) is 3.44. The van der Waals surface area contributed by atoms with Gasteiger partial charge in [0.1, 0.15) is 0 Å². The largest absolute Gasteiger partial charge is 0.326 e. The third kappa shape index (κ3) is 1.06. The van der Waals surface area contributed by atoms with Crippen molar-refractivity contribution in [1.82, 2.24) is 4.90 Å². The first-order valence-corrected chi connectivity index (χ1v) is 4.28. The summed E-state index contributed by atoms with van der Waals surface area (Å²) in [7, 11) is 0. The van der Waals surface area contributed by atoms with Crippen LogP contribution in [0.15, 0.2) is 0 Å². The van der Waals surface area contributed by atoms with Gasteiger partial charge in [-0.15, -0.1) is 0 Å². The summed E-state index contributed by atoms with van der Waals surface area (Å²) in [5.74, 6) is 0. The van der Waals surface area contributed by atoms with Crippen LogP contribution in [0, 0.1) is 0 Å². The van der Waals surface area contributed by atoms with Crippen LogP contribution in [0.5, 0.6) is 0 Å². The monoisotopic (exact) mass is 140 g/mol. The van der Waals surface area contributed by atoms with Crippen molar-refractivity contribution >= 4 is 0 Å². The molecule has 1 aliphatic carbocycles. The van der Waals surface area contributed by atoms with E-state index in [1.54, 1.807) is 0 Å². The number of nitrogens with zero attached hydrogens (tertiary/aromatic N) is 1. The molecule has 2 atom stereocenters. The number of likely N-dealkylation sites (tertiary alicyclic amines) is 1. The van der Waals surface area contributed by atoms with E-state index >= 15 is 0 Å². The third-order valence-corrected chi connectivity index (χ3v) is 2.67. The second-order valence-corrected chi connectivity index (χ2v) is 3.77. The Morgan fingerprint density at radius 2 is 2.10 bits per heavy atom. The van der Waals surface area contributed by atoms with E-state index in [1.165, 1.54) is 19.3 Å². The van der Waals surface area contributed by atoms with Crippen LogP contribution in [-0.2, 0) is 0 Å². The van der Waals surface area contributed by atoms with E-state index in [0.29, 0.717) is 6.04 Å². The molecule has 2 aliphatic rings. The summed E-state index contributed by atoms with van der Waals surface area (Å²) in [6, 6.07) is 2.11. The van der Waals surface area contributed by atoms with Crippen molar-refractivity contribution in [2.24, 2.45) is 5.73 Å². The van der Waals surface area contributed by atoms with Crippen molar-refractivity contribution in [3.63, 3.8) is 0 Å². The second-order valence-electron chi connectivity index (χ2n) is 3.77. The molecule has 0 aromatic rings. The van der Waals surface area contributed by atoms with Crippen LogP contribution < -0.4 is 5.73 Å². The normalized spacial score (nSPS) is 42.6. The van der Waals surface area contributed by atoms with Crippen molar-refractivity contribution in [2.75, 3.05) is 6.54 Å². The van der Waals surface area contributed by atoms with Gasteiger partial charge in [0.25, 0.3) is 0 Å². The maximum absolute atomic E-state index is 5.84. The molecule has 1 aliphatic heterocycles. The molecule has 0 aromatic heterocycles. The summed E-state index contributed by atoms with van der Waals surface area (Å²) in [4.78, 5) is 2.57. The molecular formula is C8H16N2. The lowest BCUT2D eigenvalue weighted by Crippen LogP contribution is -2.31. The Morgan fingerprint density at radius 3 is 2.50 bits per heavy atom. The molecule has 2 heteroatoms. The molecule has 58 valence electrons. The molecule has 2 N–H and O–H groups in total. The first-order chi connectivity index (χ1) is 4.77. The van der Waals surface area contributed by atoms with Crippen molar-refractivity contribution in [2.45, 2.75) is 44.3 Å². The molecule has 0 amide bonds. The topological polar surface area (TPSA) is 29.3 Å². The minimum Gasteiger partial charge on any atom is -0.326 e. The van der Waals surface area contributed by atoms with Gasteiger partial charge in [-0.05, 0) is 26.2 Å². The minimum atomic E-state index is 0.454. The smallest absolute Gasteiger partial charge is 0.0182 e. The molecule has 0 radical (unpaired) electrons. The highest BCUT2D eigenvalue weighted by atomic mass is 15.2. The van der Waals surface area contributed by atoms with Gasteiger partial charge in [0.2, 0.25) is 0 Å². The van der Waals surface area contributed by atoms with Gasteiger partial charge in [-0.3, -0.25) is 4.90 Å². The molecular weight excluding hydrogens is 124 g/mol. The average Bonchev–Trinajstić information content (AvgIpc) is 2.61. The van der Waals surface area contributed by atoms with Gasteiger partial charge in [-0.2, -0.15) is 0 Å². The molecule has 1 saturated carbocycles. The summed E-state index contributed by atoms with van der Waals surface area (Å²) in [5, 5.41) is 0. The highest BCUT2D eigenvalue weighted by Gasteiger charge is 2.37. The van der Waals surface area contributed by atoms with Crippen LogP contribution in [0.4, 0.5) is 0 Å². The molecule has 0 spiro atoms. The van der Waals surface area contributed by atoms with E-state index in [0.717, 1.165) is 18.6 Å². The fourth-order valence-corrected chi connectivity index (χ4v) is 2.01. The van der Waals surface area contributed by atoms with Crippen LogP contribution in [0.2, 0.25) is 0 Å². The third-order valence-electron chi connectivity index (χ3n) is 2.67. The lowest BCUT2D eigenvalue weighted by molar-refractivity contribution is 0.257. The Kier molecular flexibility index (Phi) is 1.46. The number of hydrogen-bond donors (Lipinski definition) is 1. The van der Waals surface area contributed by atoms with Crippen molar-refractivity contribution < 1.29 is 0 Å². The van der Waals surface area contributed by atoms with E-state index in [9.17, 15) is 0 Å². The summed E-state index contributed by atoms with van der Waals surface area (Å²) in [5.41, 5.74) is 5.84. The molecule has 10 heavy (non-hydrogen) atoms. The summed E-state index contributed by atoms with van der Waals surface area (Å²) < 4.78 is 0. The van der Waals surface area contributed by atoms with Crippen molar-refractivity contribution in [3.05, 3.63) is 0 Å². The quantitative estimate of drug-likeness (QED) is 0.577. The van der Waals surface area contributed by atoms with Crippen LogP contribution in [0.3, 0.4) is 0 Å². The Bertz CT molecular complexity index is 131. The zero-order chi connectivity index (χ0) is 7.14. The Balaban J connectivity index is 1.95. The first kappa shape index (κ1) is 6.62. The van der Waals surface area contributed by atoms with Crippen molar-refractivity contribution in [1.29, 1.82) is 0 Å². The molecule has 2 rings (SSSR count). The van der Waals surface area contributed by atoms with Crippen LogP contribution in [0.1, 0.15) is 26.2 Å². The molecule has 2 nitrogen and oxygen atoms in total. The van der Waals surface area contributed by atoms with Gasteiger partial charge < -0.3 is 5.73 Å². The molecule has 1 heterocycles. The molecule has 0 aromatic carbocycles.